The third kappa shape index (κ3) is 4.84. The summed E-state index contributed by atoms with van der Waals surface area (Å²) in [6, 6.07) is 0.219. The van der Waals surface area contributed by atoms with E-state index in [9.17, 15) is 9.59 Å². The molecule has 0 aliphatic carbocycles. The van der Waals surface area contributed by atoms with Crippen LogP contribution < -0.4 is 5.32 Å². The van der Waals surface area contributed by atoms with Gasteiger partial charge in [-0.2, -0.15) is 0 Å². The van der Waals surface area contributed by atoms with Crippen LogP contribution in [0.2, 0.25) is 0 Å². The van der Waals surface area contributed by atoms with Gasteiger partial charge in [0.1, 0.15) is 0 Å². The van der Waals surface area contributed by atoms with E-state index >= 15 is 0 Å². The molecule has 0 radical (unpaired) electrons. The van der Waals surface area contributed by atoms with Crippen molar-refractivity contribution in [2.24, 2.45) is 5.92 Å². The number of amides is 2. The van der Waals surface area contributed by atoms with Crippen LogP contribution in [0.25, 0.3) is 0 Å². The second kappa shape index (κ2) is 7.62. The van der Waals surface area contributed by atoms with Gasteiger partial charge in [-0.05, 0) is 19.3 Å². The minimum Gasteiger partial charge on any atom is -0.353 e. The Hall–Kier alpha value is -0.770. The van der Waals surface area contributed by atoms with E-state index in [4.69, 9.17) is 11.6 Å². The Morgan fingerprint density at radius 2 is 1.94 bits per heavy atom. The zero-order chi connectivity index (χ0) is 13.5. The predicted molar refractivity (Wildman–Crippen MR) is 72.5 cm³/mol. The Bertz CT molecular complexity index is 287. The van der Waals surface area contributed by atoms with Crippen molar-refractivity contribution >= 4 is 23.4 Å². The molecule has 0 aromatic carbocycles. The minimum absolute atomic E-state index is 0.0217. The van der Waals surface area contributed by atoms with Crippen molar-refractivity contribution in [1.82, 2.24) is 10.2 Å². The molecule has 0 spiro atoms. The van der Waals surface area contributed by atoms with Crippen molar-refractivity contribution in [2.75, 3.05) is 19.0 Å². The number of alkyl halides is 1. The van der Waals surface area contributed by atoms with E-state index in [2.05, 4.69) is 5.32 Å². The molecule has 1 aliphatic heterocycles. The van der Waals surface area contributed by atoms with Gasteiger partial charge in [-0.1, -0.05) is 13.8 Å². The Labute approximate surface area is 114 Å². The smallest absolute Gasteiger partial charge is 0.222 e. The average molecular weight is 275 g/mol. The molecule has 0 aromatic rings. The molecule has 1 N–H and O–H groups in total. The molecule has 0 atom stereocenters. The van der Waals surface area contributed by atoms with Crippen molar-refractivity contribution in [3.63, 3.8) is 0 Å². The molecule has 1 saturated heterocycles. The third-order valence-corrected chi connectivity index (χ3v) is 3.51. The second-order valence-electron chi connectivity index (χ2n) is 5.11. The van der Waals surface area contributed by atoms with Crippen LogP contribution in [0.1, 0.15) is 39.5 Å². The van der Waals surface area contributed by atoms with Crippen molar-refractivity contribution in [1.29, 1.82) is 0 Å². The molecule has 104 valence electrons. The molecule has 1 fully saturated rings. The molecule has 18 heavy (non-hydrogen) atoms. The Balaban J connectivity index is 2.28. The molecule has 0 bridgehead atoms. The molecule has 0 aromatic heterocycles. The van der Waals surface area contributed by atoms with Gasteiger partial charge in [-0.3, -0.25) is 9.59 Å². The Kier molecular flexibility index (Phi) is 6.47. The first-order valence-corrected chi connectivity index (χ1v) is 7.22. The summed E-state index contributed by atoms with van der Waals surface area (Å²) in [7, 11) is 0. The van der Waals surface area contributed by atoms with Crippen LogP contribution in [0.15, 0.2) is 0 Å². The van der Waals surface area contributed by atoms with Gasteiger partial charge in [0.05, 0.1) is 0 Å². The number of carbonyl (C=O) groups is 2. The monoisotopic (exact) mass is 274 g/mol. The molecule has 5 heteroatoms. The zero-order valence-corrected chi connectivity index (χ0v) is 12.0. The number of likely N-dealkylation sites (tertiary alicyclic amines) is 1. The van der Waals surface area contributed by atoms with Crippen LogP contribution in [0.5, 0.6) is 0 Å². The zero-order valence-electron chi connectivity index (χ0n) is 11.2. The predicted octanol–water partition coefficient (Wildman–Crippen LogP) is 1.77. The van der Waals surface area contributed by atoms with E-state index in [1.165, 1.54) is 0 Å². The maximum atomic E-state index is 11.8. The van der Waals surface area contributed by atoms with Crippen LogP contribution in [-0.4, -0.2) is 41.7 Å². The molecule has 4 nitrogen and oxygen atoms in total. The minimum atomic E-state index is 0.0217. The molecular formula is C13H23ClN2O2. The number of hydrogen-bond acceptors (Lipinski definition) is 2. The van der Waals surface area contributed by atoms with E-state index in [-0.39, 0.29) is 23.8 Å². The summed E-state index contributed by atoms with van der Waals surface area (Å²) in [4.78, 5) is 25.2. The summed E-state index contributed by atoms with van der Waals surface area (Å²) < 4.78 is 0. The summed E-state index contributed by atoms with van der Waals surface area (Å²) in [5.74, 6) is 0.840. The molecule has 1 rings (SSSR count). The van der Waals surface area contributed by atoms with E-state index in [1.807, 2.05) is 18.7 Å². The Morgan fingerprint density at radius 3 is 2.44 bits per heavy atom. The summed E-state index contributed by atoms with van der Waals surface area (Å²) >= 11 is 5.58. The molecule has 1 aliphatic rings. The lowest BCUT2D eigenvalue weighted by molar-refractivity contribution is -0.132. The van der Waals surface area contributed by atoms with E-state index in [1.54, 1.807) is 0 Å². The molecule has 0 saturated carbocycles. The number of piperidine rings is 1. The van der Waals surface area contributed by atoms with Gasteiger partial charge in [0, 0.05) is 37.4 Å². The molecular weight excluding hydrogens is 252 g/mol. The number of hydrogen-bond donors (Lipinski definition) is 1. The van der Waals surface area contributed by atoms with Gasteiger partial charge in [0.2, 0.25) is 11.8 Å². The van der Waals surface area contributed by atoms with Crippen molar-refractivity contribution < 1.29 is 9.59 Å². The van der Waals surface area contributed by atoms with Crippen molar-refractivity contribution in [3.05, 3.63) is 0 Å². The summed E-state index contributed by atoms with van der Waals surface area (Å²) in [6.45, 7) is 5.26. The highest BCUT2D eigenvalue weighted by Crippen LogP contribution is 2.13. The standard InChI is InChI=1S/C13H23ClN2O2/c1-10(2)13(18)15-11-5-8-16(9-6-11)12(17)4-3-7-14/h10-11H,3-9H2,1-2H3,(H,15,18). The first-order chi connectivity index (χ1) is 8.54. The van der Waals surface area contributed by atoms with E-state index < -0.39 is 0 Å². The van der Waals surface area contributed by atoms with E-state index in [0.717, 1.165) is 32.4 Å². The number of rotatable bonds is 5. The highest BCUT2D eigenvalue weighted by Gasteiger charge is 2.23. The van der Waals surface area contributed by atoms with Gasteiger partial charge in [0.15, 0.2) is 0 Å². The summed E-state index contributed by atoms with van der Waals surface area (Å²) in [5, 5.41) is 3.02. The average Bonchev–Trinajstić information content (AvgIpc) is 2.36. The van der Waals surface area contributed by atoms with Gasteiger partial charge in [-0.25, -0.2) is 0 Å². The first kappa shape index (κ1) is 15.3. The molecule has 2 amide bonds. The van der Waals surface area contributed by atoms with E-state index in [0.29, 0.717) is 12.3 Å². The Morgan fingerprint density at radius 1 is 1.33 bits per heavy atom. The fourth-order valence-corrected chi connectivity index (χ4v) is 2.15. The maximum Gasteiger partial charge on any atom is 0.222 e. The normalized spacial score (nSPS) is 17.0. The molecule has 0 unspecified atom stereocenters. The topological polar surface area (TPSA) is 49.4 Å². The first-order valence-electron chi connectivity index (χ1n) is 6.68. The highest BCUT2D eigenvalue weighted by atomic mass is 35.5. The van der Waals surface area contributed by atoms with Crippen LogP contribution in [0.4, 0.5) is 0 Å². The number of nitrogens with one attached hydrogen (secondary N) is 1. The fraction of sp³-hybridized carbons (Fsp3) is 0.846. The van der Waals surface area contributed by atoms with Crippen LogP contribution in [0, 0.1) is 5.92 Å². The largest absolute Gasteiger partial charge is 0.353 e. The lowest BCUT2D eigenvalue weighted by Gasteiger charge is -2.32. The number of halogens is 1. The summed E-state index contributed by atoms with van der Waals surface area (Å²) in [5.41, 5.74) is 0. The number of nitrogens with zero attached hydrogens (tertiary/aromatic N) is 1. The molecule has 1 heterocycles. The number of carbonyl (C=O) groups excluding carboxylic acids is 2. The quantitative estimate of drug-likeness (QED) is 0.777. The lowest BCUT2D eigenvalue weighted by atomic mass is 10.0. The van der Waals surface area contributed by atoms with Crippen molar-refractivity contribution in [2.45, 2.75) is 45.6 Å². The van der Waals surface area contributed by atoms with Gasteiger partial charge >= 0.3 is 0 Å². The van der Waals surface area contributed by atoms with Crippen LogP contribution in [-0.2, 0) is 9.59 Å². The van der Waals surface area contributed by atoms with Gasteiger partial charge < -0.3 is 10.2 Å². The highest BCUT2D eigenvalue weighted by molar-refractivity contribution is 6.17. The van der Waals surface area contributed by atoms with Gasteiger partial charge in [-0.15, -0.1) is 11.6 Å². The van der Waals surface area contributed by atoms with Gasteiger partial charge in [0.25, 0.3) is 0 Å². The lowest BCUT2D eigenvalue weighted by Crippen LogP contribution is -2.47. The maximum absolute atomic E-state index is 11.8. The SMILES string of the molecule is CC(C)C(=O)NC1CCN(C(=O)CCCCl)CC1. The second-order valence-corrected chi connectivity index (χ2v) is 5.49. The van der Waals surface area contributed by atoms with Crippen LogP contribution >= 0.6 is 11.6 Å². The van der Waals surface area contributed by atoms with Crippen molar-refractivity contribution in [3.8, 4) is 0 Å². The fourth-order valence-electron chi connectivity index (χ4n) is 2.02. The third-order valence-electron chi connectivity index (χ3n) is 3.24. The summed E-state index contributed by atoms with van der Waals surface area (Å²) in [6.07, 6.45) is 2.98. The van der Waals surface area contributed by atoms with Crippen LogP contribution in [0.3, 0.4) is 0 Å².